The van der Waals surface area contributed by atoms with Crippen LogP contribution in [0.3, 0.4) is 0 Å². The number of ether oxygens (including phenoxy) is 2. The molecule has 0 atom stereocenters. The van der Waals surface area contributed by atoms with Crippen molar-refractivity contribution in [3.8, 4) is 11.5 Å². The molecule has 2 N–H and O–H groups in total. The van der Waals surface area contributed by atoms with Crippen LogP contribution in [0.1, 0.15) is 25.0 Å². The van der Waals surface area contributed by atoms with Gasteiger partial charge in [0.1, 0.15) is 5.82 Å². The molecular weight excluding hydrogens is 472 g/mol. The van der Waals surface area contributed by atoms with E-state index in [1.165, 1.54) is 6.07 Å². The molecule has 2 rings (SSSR count). The SMILES string of the molecule is CN=C(NCc1cccc(OC)c1OC)NCC(C)(C)c1cccc(F)c1.I. The number of rotatable bonds is 7. The normalized spacial score (nSPS) is 11.4. The average Bonchev–Trinajstić information content (AvgIpc) is 2.67. The minimum Gasteiger partial charge on any atom is -0.493 e. The van der Waals surface area contributed by atoms with Crippen molar-refractivity contribution in [3.63, 3.8) is 0 Å². The van der Waals surface area contributed by atoms with Crippen LogP contribution in [-0.4, -0.2) is 33.8 Å². The summed E-state index contributed by atoms with van der Waals surface area (Å²) in [6.45, 7) is 5.26. The summed E-state index contributed by atoms with van der Waals surface area (Å²) in [6.07, 6.45) is 0. The van der Waals surface area contributed by atoms with Crippen molar-refractivity contribution in [1.29, 1.82) is 0 Å². The molecule has 5 nitrogen and oxygen atoms in total. The molecule has 28 heavy (non-hydrogen) atoms. The van der Waals surface area contributed by atoms with E-state index < -0.39 is 0 Å². The molecule has 0 aliphatic rings. The predicted molar refractivity (Wildman–Crippen MR) is 123 cm³/mol. The van der Waals surface area contributed by atoms with Crippen LogP contribution in [0.5, 0.6) is 11.5 Å². The predicted octanol–water partition coefficient (Wildman–Crippen LogP) is 4.10. The molecule has 0 aliphatic carbocycles. The first-order valence-corrected chi connectivity index (χ1v) is 8.81. The van der Waals surface area contributed by atoms with Gasteiger partial charge in [-0.3, -0.25) is 4.99 Å². The maximum atomic E-state index is 13.5. The van der Waals surface area contributed by atoms with E-state index in [0.717, 1.165) is 11.1 Å². The number of benzene rings is 2. The van der Waals surface area contributed by atoms with Crippen LogP contribution in [0.4, 0.5) is 4.39 Å². The fourth-order valence-corrected chi connectivity index (χ4v) is 2.81. The molecule has 154 valence electrons. The van der Waals surface area contributed by atoms with Gasteiger partial charge >= 0.3 is 0 Å². The van der Waals surface area contributed by atoms with Crippen molar-refractivity contribution >= 4 is 29.9 Å². The Balaban J connectivity index is 0.00000392. The Kier molecular flexibility index (Phi) is 9.51. The Labute approximate surface area is 183 Å². The van der Waals surface area contributed by atoms with Crippen molar-refractivity contribution in [2.45, 2.75) is 25.8 Å². The third-order valence-corrected chi connectivity index (χ3v) is 4.46. The van der Waals surface area contributed by atoms with Crippen molar-refractivity contribution in [3.05, 3.63) is 59.4 Å². The Morgan fingerprint density at radius 1 is 1.07 bits per heavy atom. The standard InChI is InChI=1S/C21H28FN3O2.HI/c1-21(2,16-9-7-10-17(22)12-16)14-25-20(23-3)24-13-15-8-6-11-18(26-4)19(15)27-5;/h6-12H,13-14H2,1-5H3,(H2,23,24,25);1H. The van der Waals surface area contributed by atoms with Gasteiger partial charge in [-0.25, -0.2) is 4.39 Å². The lowest BCUT2D eigenvalue weighted by Gasteiger charge is -2.27. The lowest BCUT2D eigenvalue weighted by molar-refractivity contribution is 0.351. The van der Waals surface area contributed by atoms with Gasteiger partial charge in [-0.15, -0.1) is 24.0 Å². The molecule has 0 radical (unpaired) electrons. The summed E-state index contributed by atoms with van der Waals surface area (Å²) in [4.78, 5) is 4.26. The second-order valence-electron chi connectivity index (χ2n) is 6.83. The first kappa shape index (κ1) is 24.0. The molecule has 7 heteroatoms. The Morgan fingerprint density at radius 2 is 1.79 bits per heavy atom. The zero-order valence-corrected chi connectivity index (χ0v) is 19.3. The Hall–Kier alpha value is -2.03. The lowest BCUT2D eigenvalue weighted by Crippen LogP contribution is -2.43. The number of methoxy groups -OCH3 is 2. The van der Waals surface area contributed by atoms with Gasteiger partial charge in [0.2, 0.25) is 0 Å². The van der Waals surface area contributed by atoms with Crippen LogP contribution < -0.4 is 20.1 Å². The third kappa shape index (κ3) is 6.25. The van der Waals surface area contributed by atoms with E-state index in [4.69, 9.17) is 9.47 Å². The average molecular weight is 501 g/mol. The number of nitrogens with one attached hydrogen (secondary N) is 2. The highest BCUT2D eigenvalue weighted by molar-refractivity contribution is 14.0. The molecule has 0 amide bonds. The molecule has 0 aliphatic heterocycles. The third-order valence-electron chi connectivity index (χ3n) is 4.46. The van der Waals surface area contributed by atoms with Gasteiger partial charge in [-0.05, 0) is 23.8 Å². The second kappa shape index (κ2) is 11.1. The summed E-state index contributed by atoms with van der Waals surface area (Å²) in [5.74, 6) is 1.81. The second-order valence-corrected chi connectivity index (χ2v) is 6.83. The number of nitrogens with zero attached hydrogens (tertiary/aromatic N) is 1. The van der Waals surface area contributed by atoms with Crippen LogP contribution in [0.25, 0.3) is 0 Å². The lowest BCUT2D eigenvalue weighted by atomic mass is 9.84. The van der Waals surface area contributed by atoms with Crippen molar-refractivity contribution in [2.75, 3.05) is 27.8 Å². The van der Waals surface area contributed by atoms with Gasteiger partial charge in [0.15, 0.2) is 17.5 Å². The largest absolute Gasteiger partial charge is 0.493 e. The van der Waals surface area contributed by atoms with Gasteiger partial charge in [0, 0.05) is 31.1 Å². The molecule has 0 saturated heterocycles. The zero-order chi connectivity index (χ0) is 19.9. The molecule has 0 bridgehead atoms. The van der Waals surface area contributed by atoms with E-state index in [0.29, 0.717) is 30.5 Å². The molecule has 0 aromatic heterocycles. The fourth-order valence-electron chi connectivity index (χ4n) is 2.81. The quantitative estimate of drug-likeness (QED) is 0.341. The summed E-state index contributed by atoms with van der Waals surface area (Å²) in [7, 11) is 4.95. The summed E-state index contributed by atoms with van der Waals surface area (Å²) < 4.78 is 24.3. The number of hydrogen-bond acceptors (Lipinski definition) is 3. The molecule has 0 saturated carbocycles. The van der Waals surface area contributed by atoms with Crippen LogP contribution in [0.2, 0.25) is 0 Å². The van der Waals surface area contributed by atoms with Crippen molar-refractivity contribution < 1.29 is 13.9 Å². The number of aliphatic imine (C=N–C) groups is 1. The minimum absolute atomic E-state index is 0. The molecular formula is C21H29FIN3O2. The van der Waals surface area contributed by atoms with Gasteiger partial charge in [0.25, 0.3) is 0 Å². The monoisotopic (exact) mass is 501 g/mol. The topological polar surface area (TPSA) is 54.9 Å². The number of para-hydroxylation sites is 1. The van der Waals surface area contributed by atoms with Crippen LogP contribution in [-0.2, 0) is 12.0 Å². The summed E-state index contributed by atoms with van der Waals surface area (Å²) in [5.41, 5.74) is 1.64. The van der Waals surface area contributed by atoms with E-state index in [2.05, 4.69) is 29.5 Å². The molecule has 0 heterocycles. The van der Waals surface area contributed by atoms with Gasteiger partial charge in [0.05, 0.1) is 14.2 Å². The van der Waals surface area contributed by atoms with Gasteiger partial charge < -0.3 is 20.1 Å². The summed E-state index contributed by atoms with van der Waals surface area (Å²) >= 11 is 0. The maximum absolute atomic E-state index is 13.5. The van der Waals surface area contributed by atoms with Crippen LogP contribution in [0.15, 0.2) is 47.5 Å². The summed E-state index contributed by atoms with van der Waals surface area (Å²) in [6, 6.07) is 12.4. The van der Waals surface area contributed by atoms with Crippen molar-refractivity contribution in [2.24, 2.45) is 4.99 Å². The van der Waals surface area contributed by atoms with E-state index >= 15 is 0 Å². The zero-order valence-electron chi connectivity index (χ0n) is 17.0. The van der Waals surface area contributed by atoms with Crippen LogP contribution in [0, 0.1) is 5.82 Å². The van der Waals surface area contributed by atoms with Gasteiger partial charge in [-0.2, -0.15) is 0 Å². The fraction of sp³-hybridized carbons (Fsp3) is 0.381. The highest BCUT2D eigenvalue weighted by Crippen LogP contribution is 2.30. The summed E-state index contributed by atoms with van der Waals surface area (Å²) in [5, 5.41) is 6.58. The molecule has 0 unspecified atom stereocenters. The Bertz CT molecular complexity index is 797. The van der Waals surface area contributed by atoms with E-state index in [-0.39, 0.29) is 35.2 Å². The Morgan fingerprint density at radius 3 is 2.39 bits per heavy atom. The number of guanidine groups is 1. The molecule has 0 spiro atoms. The van der Waals surface area contributed by atoms with Gasteiger partial charge in [-0.1, -0.05) is 38.1 Å². The maximum Gasteiger partial charge on any atom is 0.191 e. The minimum atomic E-state index is -0.257. The van der Waals surface area contributed by atoms with E-state index in [9.17, 15) is 4.39 Å². The molecule has 2 aromatic rings. The highest BCUT2D eigenvalue weighted by Gasteiger charge is 2.21. The first-order valence-electron chi connectivity index (χ1n) is 8.81. The first-order chi connectivity index (χ1) is 12.9. The molecule has 0 fully saturated rings. The van der Waals surface area contributed by atoms with E-state index in [1.54, 1.807) is 33.4 Å². The van der Waals surface area contributed by atoms with E-state index in [1.807, 2.05) is 24.3 Å². The molecule has 2 aromatic carbocycles. The smallest absolute Gasteiger partial charge is 0.191 e. The van der Waals surface area contributed by atoms with Crippen LogP contribution >= 0.6 is 24.0 Å². The van der Waals surface area contributed by atoms with Crippen molar-refractivity contribution in [1.82, 2.24) is 10.6 Å². The number of halogens is 2. The number of hydrogen-bond donors (Lipinski definition) is 2. The highest BCUT2D eigenvalue weighted by atomic mass is 127.